The quantitative estimate of drug-likeness (QED) is 0.727. The molecule has 0 aliphatic carbocycles. The summed E-state index contributed by atoms with van der Waals surface area (Å²) < 4.78 is 18.0. The van der Waals surface area contributed by atoms with Gasteiger partial charge >= 0.3 is 5.97 Å². The number of hydrogen-bond acceptors (Lipinski definition) is 4. The van der Waals surface area contributed by atoms with Crippen LogP contribution in [0.25, 0.3) is 0 Å². The molecule has 0 fully saturated rings. The van der Waals surface area contributed by atoms with E-state index in [0.29, 0.717) is 10.7 Å². The van der Waals surface area contributed by atoms with Gasteiger partial charge in [0, 0.05) is 16.3 Å². The minimum absolute atomic E-state index is 0.0831. The molecule has 0 aliphatic rings. The fourth-order valence-corrected chi connectivity index (χ4v) is 2.75. The predicted molar refractivity (Wildman–Crippen MR) is 98.2 cm³/mol. The molecule has 1 N–H and O–H groups in total. The number of carbonyl (C=O) groups excluding carboxylic acids is 2. The first-order valence-electron chi connectivity index (χ1n) is 7.53. The van der Waals surface area contributed by atoms with Gasteiger partial charge in [-0.25, -0.2) is 4.39 Å². The molecule has 2 aromatic carbocycles. The van der Waals surface area contributed by atoms with Crippen LogP contribution >= 0.6 is 23.4 Å². The number of hydrogen-bond donors (Lipinski definition) is 1. The molecular formula is C18H17ClFNO3S. The van der Waals surface area contributed by atoms with Crippen molar-refractivity contribution in [3.63, 3.8) is 0 Å². The number of halogens is 2. The molecule has 0 aromatic heterocycles. The summed E-state index contributed by atoms with van der Waals surface area (Å²) in [7, 11) is 0. The zero-order valence-electron chi connectivity index (χ0n) is 13.5. The first-order valence-corrected chi connectivity index (χ1v) is 8.95. The van der Waals surface area contributed by atoms with Crippen molar-refractivity contribution in [1.82, 2.24) is 0 Å². The van der Waals surface area contributed by atoms with Gasteiger partial charge in [-0.05, 0) is 37.3 Å². The van der Waals surface area contributed by atoms with Crippen molar-refractivity contribution in [1.29, 1.82) is 0 Å². The maximum atomic E-state index is 12.8. The normalized spacial score (nSPS) is 11.6. The molecule has 0 spiro atoms. The Balaban J connectivity index is 1.74. The number of rotatable bonds is 7. The lowest BCUT2D eigenvalue weighted by atomic mass is 10.2. The smallest absolute Gasteiger partial charge is 0.319 e. The summed E-state index contributed by atoms with van der Waals surface area (Å²) in [6.07, 6.45) is 0. The van der Waals surface area contributed by atoms with Gasteiger partial charge in [0.15, 0.2) is 0 Å². The molecule has 0 saturated heterocycles. The highest BCUT2D eigenvalue weighted by Crippen LogP contribution is 2.18. The van der Waals surface area contributed by atoms with E-state index in [-0.39, 0.29) is 24.1 Å². The lowest BCUT2D eigenvalue weighted by Crippen LogP contribution is -2.21. The number of esters is 1. The van der Waals surface area contributed by atoms with Gasteiger partial charge in [0.2, 0.25) is 5.91 Å². The maximum Gasteiger partial charge on any atom is 0.319 e. The van der Waals surface area contributed by atoms with Crippen LogP contribution in [0.2, 0.25) is 5.02 Å². The van der Waals surface area contributed by atoms with Gasteiger partial charge in [0.05, 0.1) is 5.75 Å². The molecule has 0 bridgehead atoms. The summed E-state index contributed by atoms with van der Waals surface area (Å²) in [5.41, 5.74) is 1.23. The van der Waals surface area contributed by atoms with Gasteiger partial charge in [-0.2, -0.15) is 0 Å². The molecule has 132 valence electrons. The van der Waals surface area contributed by atoms with Gasteiger partial charge in [0.1, 0.15) is 17.7 Å². The lowest BCUT2D eigenvalue weighted by Gasteiger charge is -2.12. The van der Waals surface area contributed by atoms with Crippen LogP contribution in [0.1, 0.15) is 12.5 Å². The molecule has 0 saturated carbocycles. The van der Waals surface area contributed by atoms with Crippen molar-refractivity contribution in [2.45, 2.75) is 18.8 Å². The summed E-state index contributed by atoms with van der Waals surface area (Å²) in [6.45, 7) is 1.76. The van der Waals surface area contributed by atoms with E-state index < -0.39 is 11.2 Å². The van der Waals surface area contributed by atoms with E-state index in [4.69, 9.17) is 16.3 Å². The summed E-state index contributed by atoms with van der Waals surface area (Å²) in [5.74, 6) is -0.983. The minimum atomic E-state index is -0.499. The van der Waals surface area contributed by atoms with Gasteiger partial charge < -0.3 is 10.1 Å². The Bertz CT molecular complexity index is 739. The minimum Gasteiger partial charge on any atom is -0.460 e. The number of amides is 1. The second kappa shape index (κ2) is 9.44. The van der Waals surface area contributed by atoms with E-state index in [1.165, 1.54) is 24.3 Å². The van der Waals surface area contributed by atoms with Crippen molar-refractivity contribution in [2.75, 3.05) is 11.1 Å². The Hall–Kier alpha value is -2.05. The highest BCUT2D eigenvalue weighted by molar-refractivity contribution is 8.01. The topological polar surface area (TPSA) is 55.4 Å². The Morgan fingerprint density at radius 2 is 1.88 bits per heavy atom. The lowest BCUT2D eigenvalue weighted by molar-refractivity contribution is -0.143. The third-order valence-corrected chi connectivity index (χ3v) is 4.74. The summed E-state index contributed by atoms with van der Waals surface area (Å²) in [4.78, 5) is 23.8. The Morgan fingerprint density at radius 3 is 2.56 bits per heavy atom. The summed E-state index contributed by atoms with van der Waals surface area (Å²) in [5, 5.41) is 2.67. The van der Waals surface area contributed by atoms with Crippen LogP contribution in [0, 0.1) is 5.82 Å². The molecule has 1 unspecified atom stereocenters. The summed E-state index contributed by atoms with van der Waals surface area (Å²) >= 11 is 7.16. The molecule has 2 aromatic rings. The number of nitrogens with one attached hydrogen (secondary N) is 1. The Morgan fingerprint density at radius 1 is 1.20 bits per heavy atom. The molecular weight excluding hydrogens is 365 g/mol. The third-order valence-electron chi connectivity index (χ3n) is 3.25. The van der Waals surface area contributed by atoms with Crippen LogP contribution in [0.5, 0.6) is 0 Å². The van der Waals surface area contributed by atoms with Gasteiger partial charge in [-0.1, -0.05) is 29.8 Å². The molecule has 4 nitrogen and oxygen atoms in total. The number of carbonyl (C=O) groups is 2. The van der Waals surface area contributed by atoms with E-state index in [0.717, 1.165) is 17.3 Å². The second-order valence-corrected chi connectivity index (χ2v) is 6.94. The van der Waals surface area contributed by atoms with E-state index in [1.807, 2.05) is 6.07 Å². The van der Waals surface area contributed by atoms with Crippen LogP contribution in [0.4, 0.5) is 10.1 Å². The number of thioether (sulfide) groups is 1. The van der Waals surface area contributed by atoms with Crippen molar-refractivity contribution >= 4 is 40.9 Å². The molecule has 2 rings (SSSR count). The van der Waals surface area contributed by atoms with Gasteiger partial charge in [-0.3, -0.25) is 9.59 Å². The standard InChI is InChI=1S/C18H17ClFNO3S/c1-12(18(23)24-10-13-4-2-3-5-16(13)19)25-11-17(22)21-15-8-6-14(20)7-9-15/h2-9,12H,10-11H2,1H3,(H,21,22). The average molecular weight is 382 g/mol. The zero-order valence-corrected chi connectivity index (χ0v) is 15.1. The van der Waals surface area contributed by atoms with Crippen molar-refractivity contribution in [2.24, 2.45) is 0 Å². The van der Waals surface area contributed by atoms with Crippen LogP contribution in [0.3, 0.4) is 0 Å². The molecule has 1 atom stereocenters. The van der Waals surface area contributed by atoms with Crippen molar-refractivity contribution in [3.8, 4) is 0 Å². The van der Waals surface area contributed by atoms with Crippen LogP contribution in [0.15, 0.2) is 48.5 Å². The predicted octanol–water partition coefficient (Wildman–Crippen LogP) is 4.28. The van der Waals surface area contributed by atoms with E-state index in [2.05, 4.69) is 5.32 Å². The third kappa shape index (κ3) is 6.40. The Labute approximate surface area is 154 Å². The monoisotopic (exact) mass is 381 g/mol. The fourth-order valence-electron chi connectivity index (χ4n) is 1.88. The second-order valence-electron chi connectivity index (χ2n) is 5.21. The zero-order chi connectivity index (χ0) is 18.2. The molecule has 0 aliphatic heterocycles. The van der Waals surface area contributed by atoms with Crippen LogP contribution < -0.4 is 5.32 Å². The molecule has 25 heavy (non-hydrogen) atoms. The fraction of sp³-hybridized carbons (Fsp3) is 0.222. The van der Waals surface area contributed by atoms with E-state index >= 15 is 0 Å². The summed E-state index contributed by atoms with van der Waals surface area (Å²) in [6, 6.07) is 12.6. The van der Waals surface area contributed by atoms with E-state index in [1.54, 1.807) is 25.1 Å². The first-order chi connectivity index (χ1) is 12.0. The molecule has 0 radical (unpaired) electrons. The van der Waals surface area contributed by atoms with E-state index in [9.17, 15) is 14.0 Å². The SMILES string of the molecule is CC(SCC(=O)Nc1ccc(F)cc1)C(=O)OCc1ccccc1Cl. The number of benzene rings is 2. The highest BCUT2D eigenvalue weighted by atomic mass is 35.5. The average Bonchev–Trinajstić information content (AvgIpc) is 2.60. The maximum absolute atomic E-state index is 12.8. The highest BCUT2D eigenvalue weighted by Gasteiger charge is 2.17. The molecule has 1 amide bonds. The number of anilines is 1. The van der Waals surface area contributed by atoms with Gasteiger partial charge in [-0.15, -0.1) is 11.8 Å². The first kappa shape index (κ1) is 19.3. The largest absolute Gasteiger partial charge is 0.460 e. The van der Waals surface area contributed by atoms with Crippen molar-refractivity contribution < 1.29 is 18.7 Å². The Kier molecular flexibility index (Phi) is 7.28. The van der Waals surface area contributed by atoms with Crippen molar-refractivity contribution in [3.05, 3.63) is 64.9 Å². The number of ether oxygens (including phenoxy) is 1. The molecule has 0 heterocycles. The van der Waals surface area contributed by atoms with Crippen LogP contribution in [-0.4, -0.2) is 22.9 Å². The van der Waals surface area contributed by atoms with Gasteiger partial charge in [0.25, 0.3) is 0 Å². The molecule has 7 heteroatoms. The van der Waals surface area contributed by atoms with Crippen LogP contribution in [-0.2, 0) is 20.9 Å².